The SMILES string of the molecule is COC[C@@H](C)n1c(C)cc(C(=O)CSc2nnc(Nc3ccccc3)s2)c1C. The predicted octanol–water partition coefficient (Wildman–Crippen LogP) is 4.88. The van der Waals surface area contributed by atoms with Gasteiger partial charge in [-0.1, -0.05) is 41.3 Å². The zero-order valence-electron chi connectivity index (χ0n) is 16.4. The van der Waals surface area contributed by atoms with E-state index in [1.165, 1.54) is 23.1 Å². The second kappa shape index (κ2) is 9.36. The standard InChI is InChI=1S/C20H24N4O2S2/c1-13-10-17(15(3)24(13)14(2)11-26-4)18(25)12-27-20-23-22-19(28-20)21-16-8-6-5-7-9-16/h5-10,14H,11-12H2,1-4H3,(H,21,22)/t14-/m1/s1. The lowest BCUT2D eigenvalue weighted by Crippen LogP contribution is -2.14. The molecule has 0 unspecified atom stereocenters. The van der Waals surface area contributed by atoms with E-state index in [1.54, 1.807) is 7.11 Å². The van der Waals surface area contributed by atoms with Crippen molar-refractivity contribution < 1.29 is 9.53 Å². The van der Waals surface area contributed by atoms with Crippen LogP contribution in [-0.4, -0.2) is 40.0 Å². The molecule has 3 rings (SSSR count). The molecule has 28 heavy (non-hydrogen) atoms. The Morgan fingerprint density at radius 1 is 1.29 bits per heavy atom. The van der Waals surface area contributed by atoms with Crippen molar-refractivity contribution in [3.05, 3.63) is 53.3 Å². The van der Waals surface area contributed by atoms with Crippen LogP contribution < -0.4 is 5.32 Å². The van der Waals surface area contributed by atoms with Gasteiger partial charge in [-0.25, -0.2) is 0 Å². The van der Waals surface area contributed by atoms with Crippen LogP contribution in [0.15, 0.2) is 40.7 Å². The van der Waals surface area contributed by atoms with Crippen LogP contribution in [0.1, 0.15) is 34.7 Å². The van der Waals surface area contributed by atoms with E-state index in [9.17, 15) is 4.79 Å². The van der Waals surface area contributed by atoms with E-state index in [2.05, 4.69) is 27.0 Å². The van der Waals surface area contributed by atoms with Gasteiger partial charge in [-0.2, -0.15) is 0 Å². The molecule has 0 saturated carbocycles. The van der Waals surface area contributed by atoms with Gasteiger partial charge in [0.05, 0.1) is 18.4 Å². The molecule has 0 bridgehead atoms. The average molecular weight is 417 g/mol. The lowest BCUT2D eigenvalue weighted by Gasteiger charge is -2.17. The van der Waals surface area contributed by atoms with E-state index in [-0.39, 0.29) is 11.8 Å². The Balaban J connectivity index is 1.63. The summed E-state index contributed by atoms with van der Waals surface area (Å²) in [4.78, 5) is 12.8. The summed E-state index contributed by atoms with van der Waals surface area (Å²) in [5, 5.41) is 12.3. The van der Waals surface area contributed by atoms with Crippen LogP contribution in [0, 0.1) is 13.8 Å². The van der Waals surface area contributed by atoms with Crippen LogP contribution in [0.3, 0.4) is 0 Å². The minimum atomic E-state index is 0.0988. The first-order valence-electron chi connectivity index (χ1n) is 8.98. The average Bonchev–Trinajstić information content (AvgIpc) is 3.24. The Bertz CT molecular complexity index is 937. The molecule has 8 heteroatoms. The summed E-state index contributed by atoms with van der Waals surface area (Å²) in [5.74, 6) is 0.435. The highest BCUT2D eigenvalue weighted by Gasteiger charge is 2.19. The molecule has 0 aliphatic heterocycles. The van der Waals surface area contributed by atoms with E-state index < -0.39 is 0 Å². The summed E-state index contributed by atoms with van der Waals surface area (Å²) in [7, 11) is 1.69. The molecule has 1 aromatic carbocycles. The number of hydrogen-bond donors (Lipinski definition) is 1. The second-order valence-electron chi connectivity index (χ2n) is 6.54. The molecule has 3 aromatic rings. The summed E-state index contributed by atoms with van der Waals surface area (Å²) in [6.07, 6.45) is 0. The molecule has 0 aliphatic rings. The number of Topliss-reactive ketones (excluding diaryl/α,β-unsaturated/α-hetero) is 1. The quantitative estimate of drug-likeness (QED) is 0.396. The number of carbonyl (C=O) groups is 1. The number of anilines is 2. The van der Waals surface area contributed by atoms with Gasteiger partial charge in [0, 0.05) is 29.7 Å². The minimum Gasteiger partial charge on any atom is -0.383 e. The number of nitrogens with one attached hydrogen (secondary N) is 1. The number of aryl methyl sites for hydroxylation is 1. The van der Waals surface area contributed by atoms with Crippen molar-refractivity contribution in [2.75, 3.05) is 24.8 Å². The van der Waals surface area contributed by atoms with Gasteiger partial charge in [0.2, 0.25) is 5.13 Å². The van der Waals surface area contributed by atoms with E-state index >= 15 is 0 Å². The van der Waals surface area contributed by atoms with E-state index in [1.807, 2.05) is 50.2 Å². The van der Waals surface area contributed by atoms with E-state index in [0.717, 1.165) is 27.0 Å². The molecule has 1 N–H and O–H groups in total. The monoisotopic (exact) mass is 416 g/mol. The molecule has 0 spiro atoms. The van der Waals surface area contributed by atoms with Gasteiger partial charge in [0.25, 0.3) is 0 Å². The Morgan fingerprint density at radius 2 is 2.04 bits per heavy atom. The maximum atomic E-state index is 12.8. The highest BCUT2D eigenvalue weighted by atomic mass is 32.2. The third-order valence-electron chi connectivity index (χ3n) is 4.39. The summed E-state index contributed by atoms with van der Waals surface area (Å²) < 4.78 is 8.19. The lowest BCUT2D eigenvalue weighted by molar-refractivity contribution is 0.102. The second-order valence-corrected chi connectivity index (χ2v) is 8.74. The van der Waals surface area contributed by atoms with Crippen molar-refractivity contribution in [2.45, 2.75) is 31.2 Å². The molecule has 148 valence electrons. The lowest BCUT2D eigenvalue weighted by atomic mass is 10.2. The van der Waals surface area contributed by atoms with Crippen LogP contribution >= 0.6 is 23.1 Å². The number of ketones is 1. The summed E-state index contributed by atoms with van der Waals surface area (Å²) in [6, 6.07) is 12.0. The van der Waals surface area contributed by atoms with Crippen molar-refractivity contribution in [1.82, 2.24) is 14.8 Å². The number of thioether (sulfide) groups is 1. The van der Waals surface area contributed by atoms with Gasteiger partial charge in [-0.05, 0) is 39.0 Å². The highest BCUT2D eigenvalue weighted by molar-refractivity contribution is 8.01. The first kappa shape index (κ1) is 20.6. The number of nitrogens with zero attached hydrogens (tertiary/aromatic N) is 3. The maximum absolute atomic E-state index is 12.8. The zero-order chi connectivity index (χ0) is 20.1. The Kier molecular flexibility index (Phi) is 6.88. The van der Waals surface area contributed by atoms with Gasteiger partial charge in [-0.3, -0.25) is 4.79 Å². The van der Waals surface area contributed by atoms with Crippen LogP contribution in [0.25, 0.3) is 0 Å². The largest absolute Gasteiger partial charge is 0.383 e. The number of benzene rings is 1. The normalized spacial score (nSPS) is 12.1. The molecule has 2 aromatic heterocycles. The fourth-order valence-corrected chi connectivity index (χ4v) is 4.88. The Labute approximate surface area is 173 Å². The van der Waals surface area contributed by atoms with Crippen LogP contribution in [0.4, 0.5) is 10.8 Å². The minimum absolute atomic E-state index is 0.0988. The van der Waals surface area contributed by atoms with Crippen molar-refractivity contribution in [3.63, 3.8) is 0 Å². The van der Waals surface area contributed by atoms with Gasteiger partial charge in [0.15, 0.2) is 10.1 Å². The number of para-hydroxylation sites is 1. The summed E-state index contributed by atoms with van der Waals surface area (Å²) in [5.41, 5.74) is 3.78. The number of carbonyl (C=O) groups excluding carboxylic acids is 1. The summed E-state index contributed by atoms with van der Waals surface area (Å²) in [6.45, 7) is 6.72. The van der Waals surface area contributed by atoms with Gasteiger partial charge < -0.3 is 14.6 Å². The first-order chi connectivity index (χ1) is 13.5. The fraction of sp³-hybridized carbons (Fsp3) is 0.350. The first-order valence-corrected chi connectivity index (χ1v) is 10.8. The molecule has 6 nitrogen and oxygen atoms in total. The molecule has 0 radical (unpaired) electrons. The summed E-state index contributed by atoms with van der Waals surface area (Å²) >= 11 is 2.86. The number of methoxy groups -OCH3 is 1. The van der Waals surface area contributed by atoms with Crippen molar-refractivity contribution in [2.24, 2.45) is 0 Å². The smallest absolute Gasteiger partial charge is 0.210 e. The van der Waals surface area contributed by atoms with Crippen LogP contribution in [0.5, 0.6) is 0 Å². The topological polar surface area (TPSA) is 69.0 Å². The van der Waals surface area contributed by atoms with E-state index in [0.29, 0.717) is 17.5 Å². The van der Waals surface area contributed by atoms with Gasteiger partial charge >= 0.3 is 0 Å². The molecule has 1 atom stereocenters. The van der Waals surface area contributed by atoms with Crippen molar-refractivity contribution >= 4 is 39.7 Å². The molecular weight excluding hydrogens is 392 g/mol. The van der Waals surface area contributed by atoms with Crippen molar-refractivity contribution in [1.29, 1.82) is 0 Å². The number of hydrogen-bond acceptors (Lipinski definition) is 7. The van der Waals surface area contributed by atoms with Crippen molar-refractivity contribution in [3.8, 4) is 0 Å². The number of aromatic nitrogens is 3. The van der Waals surface area contributed by atoms with Crippen LogP contribution in [0.2, 0.25) is 0 Å². The Morgan fingerprint density at radius 3 is 2.75 bits per heavy atom. The highest BCUT2D eigenvalue weighted by Crippen LogP contribution is 2.29. The molecular formula is C20H24N4O2S2. The third-order valence-corrected chi connectivity index (χ3v) is 6.36. The fourth-order valence-electron chi connectivity index (χ4n) is 3.22. The maximum Gasteiger partial charge on any atom is 0.210 e. The molecule has 0 fully saturated rings. The molecule has 0 saturated heterocycles. The zero-order valence-corrected chi connectivity index (χ0v) is 18.1. The van der Waals surface area contributed by atoms with Crippen LogP contribution in [-0.2, 0) is 4.74 Å². The third kappa shape index (κ3) is 4.81. The van der Waals surface area contributed by atoms with Gasteiger partial charge in [-0.15, -0.1) is 10.2 Å². The Hall–Kier alpha value is -2.16. The number of rotatable bonds is 9. The van der Waals surface area contributed by atoms with E-state index in [4.69, 9.17) is 4.74 Å². The molecule has 2 heterocycles. The molecule has 0 aliphatic carbocycles. The number of ether oxygens (including phenoxy) is 1. The van der Waals surface area contributed by atoms with Gasteiger partial charge in [0.1, 0.15) is 0 Å². The predicted molar refractivity (Wildman–Crippen MR) is 115 cm³/mol. The molecule has 0 amide bonds.